The number of piperidine rings is 1. The van der Waals surface area contributed by atoms with Crippen molar-refractivity contribution in [1.29, 1.82) is 0 Å². The highest BCUT2D eigenvalue weighted by Crippen LogP contribution is 2.22. The summed E-state index contributed by atoms with van der Waals surface area (Å²) in [4.78, 5) is 14.3. The van der Waals surface area contributed by atoms with Crippen molar-refractivity contribution in [3.05, 3.63) is 23.2 Å². The molecule has 1 aliphatic rings. The molecule has 0 spiro atoms. The number of hydrogen-bond donors (Lipinski definition) is 1. The van der Waals surface area contributed by atoms with Gasteiger partial charge in [0, 0.05) is 24.7 Å². The van der Waals surface area contributed by atoms with E-state index in [0.717, 1.165) is 37.3 Å². The summed E-state index contributed by atoms with van der Waals surface area (Å²) in [5.74, 6) is 1.68. The highest BCUT2D eigenvalue weighted by atomic mass is 16.4. The van der Waals surface area contributed by atoms with Crippen LogP contribution in [-0.2, 0) is 0 Å². The van der Waals surface area contributed by atoms with E-state index in [1.54, 1.807) is 0 Å². The quantitative estimate of drug-likeness (QED) is 0.874. The number of carbonyl (C=O) groups excluding carboxylic acids is 1. The standard InChI is InChI=1S/C14H22N2O2/c1-9-7-10(2)18-13(9)14(17)16-6-4-5-12(8-16)11(3)15/h7,11-12H,4-6,8,15H2,1-3H3. The minimum atomic E-state index is 0.00551. The minimum absolute atomic E-state index is 0.00551. The molecule has 0 aromatic carbocycles. The Kier molecular flexibility index (Phi) is 3.76. The molecule has 0 radical (unpaired) electrons. The molecule has 1 aromatic rings. The van der Waals surface area contributed by atoms with Crippen LogP contribution in [0.1, 0.15) is 41.6 Å². The van der Waals surface area contributed by atoms with Crippen molar-refractivity contribution in [1.82, 2.24) is 4.90 Å². The van der Waals surface area contributed by atoms with Crippen LogP contribution in [0.3, 0.4) is 0 Å². The Morgan fingerprint density at radius 2 is 2.28 bits per heavy atom. The van der Waals surface area contributed by atoms with Crippen molar-refractivity contribution in [3.8, 4) is 0 Å². The van der Waals surface area contributed by atoms with Gasteiger partial charge in [0.1, 0.15) is 5.76 Å². The molecule has 2 N–H and O–H groups in total. The molecule has 2 unspecified atom stereocenters. The largest absolute Gasteiger partial charge is 0.456 e. The van der Waals surface area contributed by atoms with Gasteiger partial charge < -0.3 is 15.1 Å². The lowest BCUT2D eigenvalue weighted by Crippen LogP contribution is -2.45. The monoisotopic (exact) mass is 250 g/mol. The summed E-state index contributed by atoms with van der Waals surface area (Å²) in [6.45, 7) is 7.35. The average molecular weight is 250 g/mol. The number of amides is 1. The maximum absolute atomic E-state index is 12.4. The van der Waals surface area contributed by atoms with Crippen molar-refractivity contribution in [3.63, 3.8) is 0 Å². The normalized spacial score (nSPS) is 22.0. The van der Waals surface area contributed by atoms with E-state index >= 15 is 0 Å². The Labute approximate surface area is 108 Å². The molecular weight excluding hydrogens is 228 g/mol. The molecule has 0 saturated carbocycles. The predicted molar refractivity (Wildman–Crippen MR) is 70.5 cm³/mol. The molecule has 100 valence electrons. The Hall–Kier alpha value is -1.29. The number of hydrogen-bond acceptors (Lipinski definition) is 3. The second-order valence-electron chi connectivity index (χ2n) is 5.38. The first kappa shape index (κ1) is 13.1. The van der Waals surface area contributed by atoms with Gasteiger partial charge in [-0.05, 0) is 45.6 Å². The van der Waals surface area contributed by atoms with Crippen LogP contribution in [0.4, 0.5) is 0 Å². The maximum atomic E-state index is 12.4. The molecule has 2 atom stereocenters. The SMILES string of the molecule is Cc1cc(C)c(C(=O)N2CCCC(C(C)N)C2)o1. The van der Waals surface area contributed by atoms with Gasteiger partial charge in [0.2, 0.25) is 0 Å². The third-order valence-electron chi connectivity index (χ3n) is 3.72. The zero-order chi connectivity index (χ0) is 13.3. The number of furan rings is 1. The first-order valence-corrected chi connectivity index (χ1v) is 6.61. The highest BCUT2D eigenvalue weighted by molar-refractivity contribution is 5.93. The molecule has 1 fully saturated rings. The molecule has 2 rings (SSSR count). The van der Waals surface area contributed by atoms with Gasteiger partial charge in [-0.25, -0.2) is 0 Å². The Balaban J connectivity index is 2.11. The summed E-state index contributed by atoms with van der Waals surface area (Å²) in [6, 6.07) is 2.04. The van der Waals surface area contributed by atoms with Crippen LogP contribution in [0.15, 0.2) is 10.5 Å². The van der Waals surface area contributed by atoms with Gasteiger partial charge in [0.25, 0.3) is 5.91 Å². The van der Waals surface area contributed by atoms with E-state index in [1.807, 2.05) is 31.7 Å². The van der Waals surface area contributed by atoms with Gasteiger partial charge in [-0.3, -0.25) is 4.79 Å². The van der Waals surface area contributed by atoms with Crippen LogP contribution < -0.4 is 5.73 Å². The summed E-state index contributed by atoms with van der Waals surface area (Å²) >= 11 is 0. The van der Waals surface area contributed by atoms with Crippen molar-refractivity contribution >= 4 is 5.91 Å². The van der Waals surface area contributed by atoms with Crippen LogP contribution >= 0.6 is 0 Å². The third-order valence-corrected chi connectivity index (χ3v) is 3.72. The van der Waals surface area contributed by atoms with E-state index < -0.39 is 0 Å². The average Bonchev–Trinajstić information content (AvgIpc) is 2.67. The van der Waals surface area contributed by atoms with Crippen LogP contribution in [0.25, 0.3) is 0 Å². The number of carbonyl (C=O) groups is 1. The van der Waals surface area contributed by atoms with Crippen molar-refractivity contribution in [2.45, 2.75) is 39.7 Å². The fraction of sp³-hybridized carbons (Fsp3) is 0.643. The topological polar surface area (TPSA) is 59.5 Å². The van der Waals surface area contributed by atoms with E-state index in [-0.39, 0.29) is 11.9 Å². The van der Waals surface area contributed by atoms with E-state index in [4.69, 9.17) is 10.2 Å². The van der Waals surface area contributed by atoms with Crippen molar-refractivity contribution in [2.75, 3.05) is 13.1 Å². The van der Waals surface area contributed by atoms with Crippen LogP contribution in [0.2, 0.25) is 0 Å². The molecule has 18 heavy (non-hydrogen) atoms. The van der Waals surface area contributed by atoms with Crippen LogP contribution in [0.5, 0.6) is 0 Å². The van der Waals surface area contributed by atoms with E-state index in [0.29, 0.717) is 11.7 Å². The second-order valence-corrected chi connectivity index (χ2v) is 5.38. The fourth-order valence-electron chi connectivity index (χ4n) is 2.62. The van der Waals surface area contributed by atoms with E-state index in [2.05, 4.69) is 0 Å². The van der Waals surface area contributed by atoms with Gasteiger partial charge in [-0.15, -0.1) is 0 Å². The molecule has 1 aromatic heterocycles. The van der Waals surface area contributed by atoms with Gasteiger partial charge in [0.05, 0.1) is 0 Å². The van der Waals surface area contributed by atoms with Gasteiger partial charge in [-0.2, -0.15) is 0 Å². The summed E-state index contributed by atoms with van der Waals surface area (Å²) in [5, 5.41) is 0. The molecule has 1 saturated heterocycles. The molecular formula is C14H22N2O2. The molecule has 0 aliphatic carbocycles. The molecule has 2 heterocycles. The summed E-state index contributed by atoms with van der Waals surface area (Å²) in [5.41, 5.74) is 6.86. The number of rotatable bonds is 2. The van der Waals surface area contributed by atoms with E-state index in [9.17, 15) is 4.79 Å². The molecule has 0 bridgehead atoms. The second kappa shape index (κ2) is 5.14. The van der Waals surface area contributed by atoms with Crippen LogP contribution in [0, 0.1) is 19.8 Å². The summed E-state index contributed by atoms with van der Waals surface area (Å²) < 4.78 is 5.50. The van der Waals surface area contributed by atoms with Gasteiger partial charge in [0.15, 0.2) is 5.76 Å². The summed E-state index contributed by atoms with van der Waals surface area (Å²) in [7, 11) is 0. The Morgan fingerprint density at radius 3 is 2.83 bits per heavy atom. The molecule has 4 nitrogen and oxygen atoms in total. The molecule has 1 amide bonds. The minimum Gasteiger partial charge on any atom is -0.456 e. The molecule has 1 aliphatic heterocycles. The van der Waals surface area contributed by atoms with Crippen molar-refractivity contribution < 1.29 is 9.21 Å². The zero-order valence-corrected chi connectivity index (χ0v) is 11.4. The lowest BCUT2D eigenvalue weighted by molar-refractivity contribution is 0.0626. The van der Waals surface area contributed by atoms with Gasteiger partial charge in [-0.1, -0.05) is 0 Å². The zero-order valence-electron chi connectivity index (χ0n) is 11.4. The van der Waals surface area contributed by atoms with E-state index in [1.165, 1.54) is 0 Å². The fourth-order valence-corrected chi connectivity index (χ4v) is 2.62. The third kappa shape index (κ3) is 2.58. The number of aryl methyl sites for hydroxylation is 2. The first-order chi connectivity index (χ1) is 8.49. The van der Waals surface area contributed by atoms with Crippen LogP contribution in [-0.4, -0.2) is 29.9 Å². The summed E-state index contributed by atoms with van der Waals surface area (Å²) in [6.07, 6.45) is 2.13. The lowest BCUT2D eigenvalue weighted by atomic mass is 9.92. The molecule has 4 heteroatoms. The Morgan fingerprint density at radius 1 is 1.56 bits per heavy atom. The number of likely N-dealkylation sites (tertiary alicyclic amines) is 1. The smallest absolute Gasteiger partial charge is 0.289 e. The number of nitrogens with zero attached hydrogens (tertiary/aromatic N) is 1. The number of nitrogens with two attached hydrogens (primary N) is 1. The van der Waals surface area contributed by atoms with Gasteiger partial charge >= 0.3 is 0 Å². The highest BCUT2D eigenvalue weighted by Gasteiger charge is 2.28. The Bertz CT molecular complexity index is 437. The maximum Gasteiger partial charge on any atom is 0.289 e. The lowest BCUT2D eigenvalue weighted by Gasteiger charge is -2.34. The van der Waals surface area contributed by atoms with Crippen molar-refractivity contribution in [2.24, 2.45) is 11.7 Å². The first-order valence-electron chi connectivity index (χ1n) is 6.61. The predicted octanol–water partition coefficient (Wildman–Crippen LogP) is 2.10.